The van der Waals surface area contributed by atoms with Gasteiger partial charge in [0.25, 0.3) is 5.91 Å². The summed E-state index contributed by atoms with van der Waals surface area (Å²) in [5.41, 5.74) is 4.91. The number of likely N-dealkylation sites (tertiary alicyclic amines) is 1. The minimum absolute atomic E-state index is 0.0741. The Bertz CT molecular complexity index is 1400. The number of aromatic nitrogens is 3. The van der Waals surface area contributed by atoms with E-state index >= 15 is 0 Å². The minimum atomic E-state index is -0.308. The summed E-state index contributed by atoms with van der Waals surface area (Å²) in [6.07, 6.45) is 9.42. The SMILES string of the molecule is CC(=O)N1CC=C(c2cc3cc(C(=O)Nc4cc(NC(=O)CN5CCCCC5)cnc4C)cnc3[nH]2)CC1. The van der Waals surface area contributed by atoms with Gasteiger partial charge >= 0.3 is 0 Å². The fourth-order valence-electron chi connectivity index (χ4n) is 4.96. The number of fused-ring (bicyclic) bond motifs is 1. The lowest BCUT2D eigenvalue weighted by atomic mass is 10.0. The summed E-state index contributed by atoms with van der Waals surface area (Å²) in [5.74, 6) is -0.322. The normalized spacial score (nSPS) is 16.3. The van der Waals surface area contributed by atoms with Gasteiger partial charge in [0.15, 0.2) is 0 Å². The predicted octanol–water partition coefficient (Wildman–Crippen LogP) is 3.58. The van der Waals surface area contributed by atoms with Gasteiger partial charge in [0.05, 0.1) is 35.4 Å². The Morgan fingerprint density at radius 1 is 1.00 bits per heavy atom. The first-order valence-electron chi connectivity index (χ1n) is 13.1. The maximum Gasteiger partial charge on any atom is 0.257 e. The number of carbonyl (C=O) groups is 3. The van der Waals surface area contributed by atoms with Gasteiger partial charge in [-0.25, -0.2) is 4.98 Å². The second kappa shape index (κ2) is 11.1. The van der Waals surface area contributed by atoms with Gasteiger partial charge in [-0.1, -0.05) is 12.5 Å². The van der Waals surface area contributed by atoms with Gasteiger partial charge in [0.1, 0.15) is 5.65 Å². The lowest BCUT2D eigenvalue weighted by Crippen LogP contribution is -2.36. The van der Waals surface area contributed by atoms with Crippen molar-refractivity contribution in [1.29, 1.82) is 0 Å². The highest BCUT2D eigenvalue weighted by Crippen LogP contribution is 2.26. The first-order valence-corrected chi connectivity index (χ1v) is 13.1. The van der Waals surface area contributed by atoms with Crippen LogP contribution in [0.25, 0.3) is 16.6 Å². The molecule has 0 atom stereocenters. The number of amides is 3. The Morgan fingerprint density at radius 2 is 1.82 bits per heavy atom. The molecule has 1 fully saturated rings. The van der Waals surface area contributed by atoms with Crippen LogP contribution in [0.15, 0.2) is 36.7 Å². The highest BCUT2D eigenvalue weighted by Gasteiger charge is 2.18. The molecule has 1 saturated heterocycles. The van der Waals surface area contributed by atoms with Crippen LogP contribution in [0.5, 0.6) is 0 Å². The Hall–Kier alpha value is -4.05. The maximum absolute atomic E-state index is 13.1. The van der Waals surface area contributed by atoms with Crippen molar-refractivity contribution in [2.24, 2.45) is 0 Å². The van der Waals surface area contributed by atoms with Crippen molar-refractivity contribution in [3.8, 4) is 0 Å². The van der Waals surface area contributed by atoms with E-state index in [1.165, 1.54) is 12.6 Å². The van der Waals surface area contributed by atoms with Crippen LogP contribution in [-0.4, -0.2) is 75.2 Å². The number of carbonyl (C=O) groups excluding carboxylic acids is 3. The van der Waals surface area contributed by atoms with E-state index in [4.69, 9.17) is 0 Å². The second-order valence-electron chi connectivity index (χ2n) is 9.99. The van der Waals surface area contributed by atoms with Crippen LogP contribution in [0.4, 0.5) is 11.4 Å². The number of hydrogen-bond acceptors (Lipinski definition) is 6. The van der Waals surface area contributed by atoms with E-state index in [1.54, 1.807) is 37.1 Å². The number of aromatic amines is 1. The first kappa shape index (κ1) is 25.6. The third kappa shape index (κ3) is 5.91. The zero-order chi connectivity index (χ0) is 26.6. The van der Waals surface area contributed by atoms with Gasteiger partial charge in [-0.05, 0) is 63.0 Å². The van der Waals surface area contributed by atoms with E-state index < -0.39 is 0 Å². The van der Waals surface area contributed by atoms with Crippen LogP contribution in [0.1, 0.15) is 54.4 Å². The number of hydrogen-bond donors (Lipinski definition) is 3. The van der Waals surface area contributed by atoms with Crippen molar-refractivity contribution in [2.75, 3.05) is 43.4 Å². The molecular formula is C28H33N7O3. The van der Waals surface area contributed by atoms with E-state index in [9.17, 15) is 14.4 Å². The van der Waals surface area contributed by atoms with Crippen molar-refractivity contribution in [3.05, 3.63) is 53.6 Å². The molecule has 3 aromatic rings. The number of aryl methyl sites for hydroxylation is 1. The van der Waals surface area contributed by atoms with Crippen molar-refractivity contribution < 1.29 is 14.4 Å². The van der Waals surface area contributed by atoms with E-state index in [-0.39, 0.29) is 17.7 Å². The fraction of sp³-hybridized carbons (Fsp3) is 0.393. The van der Waals surface area contributed by atoms with Crippen molar-refractivity contribution in [2.45, 2.75) is 39.5 Å². The number of pyridine rings is 2. The monoisotopic (exact) mass is 515 g/mol. The van der Waals surface area contributed by atoms with E-state index in [2.05, 4.69) is 36.6 Å². The lowest BCUT2D eigenvalue weighted by molar-refractivity contribution is -0.128. The molecule has 0 aromatic carbocycles. The van der Waals surface area contributed by atoms with E-state index in [1.807, 2.05) is 6.07 Å². The molecule has 2 aliphatic rings. The fourth-order valence-corrected chi connectivity index (χ4v) is 4.96. The topological polar surface area (TPSA) is 123 Å². The van der Waals surface area contributed by atoms with Crippen molar-refractivity contribution in [1.82, 2.24) is 24.8 Å². The molecule has 10 heteroatoms. The standard InChI is InChI=1S/C28H33N7O3/c1-18-24(14-23(16-29-18)31-26(37)17-34-8-4-3-5-9-34)33-28(38)22-12-21-13-25(32-27(21)30-15-22)20-6-10-35(11-7-20)19(2)36/h6,12-16H,3-5,7-11,17H2,1-2H3,(H,30,32)(H,31,37)(H,33,38). The van der Waals surface area contributed by atoms with Gasteiger partial charge < -0.3 is 20.5 Å². The van der Waals surface area contributed by atoms with Gasteiger partial charge in [-0.3, -0.25) is 24.3 Å². The van der Waals surface area contributed by atoms with Crippen molar-refractivity contribution >= 4 is 45.7 Å². The molecule has 3 N–H and O–H groups in total. The molecular weight excluding hydrogens is 482 g/mol. The number of nitrogens with zero attached hydrogens (tertiary/aromatic N) is 4. The highest BCUT2D eigenvalue weighted by atomic mass is 16.2. The average Bonchev–Trinajstić information content (AvgIpc) is 3.35. The zero-order valence-electron chi connectivity index (χ0n) is 21.8. The molecule has 5 rings (SSSR count). The predicted molar refractivity (Wildman–Crippen MR) is 147 cm³/mol. The Labute approximate surface area is 221 Å². The molecule has 10 nitrogen and oxygen atoms in total. The maximum atomic E-state index is 13.1. The minimum Gasteiger partial charge on any atom is -0.339 e. The van der Waals surface area contributed by atoms with E-state index in [0.717, 1.165) is 49.0 Å². The number of rotatable bonds is 6. The Kier molecular flexibility index (Phi) is 7.50. The molecule has 0 bridgehead atoms. The molecule has 5 heterocycles. The number of anilines is 2. The van der Waals surface area contributed by atoms with Gasteiger partial charge in [0.2, 0.25) is 11.8 Å². The van der Waals surface area contributed by atoms with Crippen LogP contribution in [0, 0.1) is 6.92 Å². The highest BCUT2D eigenvalue weighted by molar-refractivity contribution is 6.06. The van der Waals surface area contributed by atoms with Crippen LogP contribution in [-0.2, 0) is 9.59 Å². The molecule has 0 aliphatic carbocycles. The van der Waals surface area contributed by atoms with Crippen molar-refractivity contribution in [3.63, 3.8) is 0 Å². The summed E-state index contributed by atoms with van der Waals surface area (Å²) in [6, 6.07) is 5.52. The van der Waals surface area contributed by atoms with Crippen LogP contribution in [0.2, 0.25) is 0 Å². The quantitative estimate of drug-likeness (QED) is 0.461. The molecule has 0 unspecified atom stereocenters. The molecule has 0 radical (unpaired) electrons. The largest absolute Gasteiger partial charge is 0.339 e. The summed E-state index contributed by atoms with van der Waals surface area (Å²) in [6.45, 7) is 6.90. The molecule has 38 heavy (non-hydrogen) atoms. The third-order valence-corrected chi connectivity index (χ3v) is 7.17. The summed E-state index contributed by atoms with van der Waals surface area (Å²) in [5, 5.41) is 6.64. The number of H-pyrrole nitrogens is 1. The van der Waals surface area contributed by atoms with E-state index in [0.29, 0.717) is 47.9 Å². The lowest BCUT2D eigenvalue weighted by Gasteiger charge is -2.25. The molecule has 3 amide bonds. The van der Waals surface area contributed by atoms with Crippen LogP contribution < -0.4 is 10.6 Å². The smallest absolute Gasteiger partial charge is 0.257 e. The molecule has 2 aliphatic heterocycles. The van der Waals surface area contributed by atoms with Crippen LogP contribution in [0.3, 0.4) is 0 Å². The summed E-state index contributed by atoms with van der Waals surface area (Å²) >= 11 is 0. The zero-order valence-corrected chi connectivity index (χ0v) is 21.8. The Balaban J connectivity index is 1.26. The summed E-state index contributed by atoms with van der Waals surface area (Å²) in [7, 11) is 0. The molecule has 198 valence electrons. The van der Waals surface area contributed by atoms with Gasteiger partial charge in [-0.15, -0.1) is 0 Å². The number of piperidine rings is 1. The second-order valence-corrected chi connectivity index (χ2v) is 9.99. The number of nitrogens with one attached hydrogen (secondary N) is 3. The summed E-state index contributed by atoms with van der Waals surface area (Å²) < 4.78 is 0. The van der Waals surface area contributed by atoms with Gasteiger partial charge in [-0.2, -0.15) is 0 Å². The summed E-state index contributed by atoms with van der Waals surface area (Å²) in [4.78, 5) is 53.3. The molecule has 0 saturated carbocycles. The Morgan fingerprint density at radius 3 is 2.55 bits per heavy atom. The molecule has 0 spiro atoms. The van der Waals surface area contributed by atoms with Crippen LogP contribution >= 0.6 is 0 Å². The first-order chi connectivity index (χ1) is 18.4. The molecule has 3 aromatic heterocycles. The average molecular weight is 516 g/mol. The van der Waals surface area contributed by atoms with Gasteiger partial charge in [0, 0.05) is 37.3 Å². The third-order valence-electron chi connectivity index (χ3n) is 7.17.